The number of esters is 4. The van der Waals surface area contributed by atoms with Crippen LogP contribution in [0.2, 0.25) is 0 Å². The van der Waals surface area contributed by atoms with Crippen LogP contribution >= 0.6 is 11.8 Å². The number of hydrogen-bond acceptors (Lipinski definition) is 9. The van der Waals surface area contributed by atoms with Crippen LogP contribution in [0.5, 0.6) is 0 Å². The molecule has 0 aromatic carbocycles. The van der Waals surface area contributed by atoms with Crippen molar-refractivity contribution in [1.29, 1.82) is 0 Å². The molecular weight excluding hydrogens is 376 g/mol. The highest BCUT2D eigenvalue weighted by atomic mass is 32.2. The van der Waals surface area contributed by atoms with E-state index < -0.39 is 0 Å². The van der Waals surface area contributed by atoms with Gasteiger partial charge in [-0.15, -0.1) is 0 Å². The van der Waals surface area contributed by atoms with Gasteiger partial charge in [0, 0.05) is 11.5 Å². The lowest BCUT2D eigenvalue weighted by Gasteiger charge is -2.27. The second-order valence-corrected chi connectivity index (χ2v) is 7.03. The third-order valence-electron chi connectivity index (χ3n) is 4.13. The minimum absolute atomic E-state index is 0.217. The van der Waals surface area contributed by atoms with Crippen LogP contribution in [0.15, 0.2) is 0 Å². The zero-order valence-electron chi connectivity index (χ0n) is 16.5. The first-order valence-corrected chi connectivity index (χ1v) is 9.93. The van der Waals surface area contributed by atoms with Gasteiger partial charge in [0.25, 0.3) is 0 Å². The minimum atomic E-state index is -0.304. The summed E-state index contributed by atoms with van der Waals surface area (Å²) >= 11 is 1.54. The van der Waals surface area contributed by atoms with E-state index in [1.165, 1.54) is 40.2 Å². The van der Waals surface area contributed by atoms with Crippen LogP contribution in [-0.2, 0) is 38.1 Å². The Kier molecular flexibility index (Phi) is 14.3. The zero-order chi connectivity index (χ0) is 20.7. The molecule has 8 nitrogen and oxygen atoms in total. The lowest BCUT2D eigenvalue weighted by molar-refractivity contribution is -0.159. The number of rotatable bonds is 8. The van der Waals surface area contributed by atoms with Crippen molar-refractivity contribution in [1.82, 2.24) is 0 Å². The van der Waals surface area contributed by atoms with Crippen molar-refractivity contribution in [2.24, 2.45) is 11.8 Å². The lowest BCUT2D eigenvalue weighted by Crippen LogP contribution is -2.34. The zero-order valence-corrected chi connectivity index (χ0v) is 17.3. The van der Waals surface area contributed by atoms with Crippen LogP contribution in [0.1, 0.15) is 38.5 Å². The Morgan fingerprint density at radius 1 is 0.704 bits per heavy atom. The Hall–Kier alpha value is -1.77. The number of hydrogen-bond donors (Lipinski definition) is 0. The summed E-state index contributed by atoms with van der Waals surface area (Å²) in [5, 5.41) is 0. The summed E-state index contributed by atoms with van der Waals surface area (Å²) in [6.07, 6.45) is 4.20. The van der Waals surface area contributed by atoms with Gasteiger partial charge in [0.05, 0.1) is 53.1 Å². The molecule has 0 spiro atoms. The number of methoxy groups -OCH3 is 4. The van der Waals surface area contributed by atoms with E-state index in [2.05, 4.69) is 18.9 Å². The molecule has 0 aromatic heterocycles. The summed E-state index contributed by atoms with van der Waals surface area (Å²) in [5.74, 6) is -0.258. The molecule has 2 unspecified atom stereocenters. The predicted molar refractivity (Wildman–Crippen MR) is 100 cm³/mol. The summed E-state index contributed by atoms with van der Waals surface area (Å²) in [6, 6.07) is 0. The van der Waals surface area contributed by atoms with Gasteiger partial charge >= 0.3 is 23.9 Å². The number of carbonyl (C=O) groups excluding carboxylic acids is 4. The molecular formula is C18H30O8S. The fraction of sp³-hybridized carbons (Fsp3) is 0.778. The molecule has 1 aliphatic carbocycles. The van der Waals surface area contributed by atoms with Gasteiger partial charge in [-0.05, 0) is 12.8 Å². The van der Waals surface area contributed by atoms with E-state index in [0.717, 1.165) is 25.7 Å². The van der Waals surface area contributed by atoms with Crippen LogP contribution in [0.25, 0.3) is 0 Å². The number of thioether (sulfide) groups is 1. The molecule has 0 saturated heterocycles. The summed E-state index contributed by atoms with van der Waals surface area (Å²) in [5.41, 5.74) is 0. The highest BCUT2D eigenvalue weighted by molar-refractivity contribution is 7.99. The van der Waals surface area contributed by atoms with E-state index >= 15 is 0 Å². The molecule has 1 fully saturated rings. The van der Waals surface area contributed by atoms with E-state index in [-0.39, 0.29) is 35.7 Å². The molecule has 0 aromatic rings. The van der Waals surface area contributed by atoms with Gasteiger partial charge in [0.2, 0.25) is 0 Å². The first-order valence-electron chi connectivity index (χ1n) is 8.78. The van der Waals surface area contributed by atoms with Crippen LogP contribution in [0, 0.1) is 11.8 Å². The maximum Gasteiger partial charge on any atom is 0.309 e. The summed E-state index contributed by atoms with van der Waals surface area (Å²) in [6.45, 7) is 0. The van der Waals surface area contributed by atoms with Crippen molar-refractivity contribution in [3.8, 4) is 0 Å². The van der Waals surface area contributed by atoms with Crippen molar-refractivity contribution in [3.63, 3.8) is 0 Å². The average Bonchev–Trinajstić information content (AvgIpc) is 2.72. The summed E-state index contributed by atoms with van der Waals surface area (Å²) < 4.78 is 18.2. The molecule has 0 amide bonds. The third-order valence-corrected chi connectivity index (χ3v) is 5.12. The van der Waals surface area contributed by atoms with Gasteiger partial charge in [-0.25, -0.2) is 0 Å². The van der Waals surface area contributed by atoms with E-state index in [1.807, 2.05) is 0 Å². The normalized spacial score (nSPS) is 18.4. The maximum absolute atomic E-state index is 11.4. The molecule has 0 aliphatic heterocycles. The van der Waals surface area contributed by atoms with Crippen molar-refractivity contribution in [2.45, 2.75) is 38.5 Å². The molecule has 27 heavy (non-hydrogen) atoms. The Morgan fingerprint density at radius 3 is 1.37 bits per heavy atom. The van der Waals surface area contributed by atoms with Gasteiger partial charge in [0.1, 0.15) is 0 Å². The van der Waals surface area contributed by atoms with Gasteiger partial charge < -0.3 is 18.9 Å². The van der Waals surface area contributed by atoms with Crippen molar-refractivity contribution in [3.05, 3.63) is 0 Å². The molecule has 1 aliphatic rings. The largest absolute Gasteiger partial charge is 0.469 e. The topological polar surface area (TPSA) is 105 Å². The molecule has 2 atom stereocenters. The standard InChI is InChI=1S/C10H16O4.C8H14O4S/c1-13-9(11)7-5-3-4-6-8(7)10(12)14-2;1-11-7(9)3-5-13-6-4-8(10)12-2/h7-8H,3-6H2,1-2H3;3-6H2,1-2H3. The second kappa shape index (κ2) is 15.3. The smallest absolute Gasteiger partial charge is 0.309 e. The van der Waals surface area contributed by atoms with Gasteiger partial charge in [0.15, 0.2) is 0 Å². The number of ether oxygens (including phenoxy) is 4. The van der Waals surface area contributed by atoms with Crippen LogP contribution in [0.4, 0.5) is 0 Å². The Morgan fingerprint density at radius 2 is 1.07 bits per heavy atom. The molecule has 9 heteroatoms. The number of carbonyl (C=O) groups is 4. The molecule has 156 valence electrons. The van der Waals surface area contributed by atoms with Crippen LogP contribution in [-0.4, -0.2) is 63.8 Å². The van der Waals surface area contributed by atoms with Gasteiger partial charge in [-0.1, -0.05) is 12.8 Å². The Labute approximate surface area is 164 Å². The Balaban J connectivity index is 0.000000503. The van der Waals surface area contributed by atoms with Gasteiger partial charge in [-0.3, -0.25) is 19.2 Å². The highest BCUT2D eigenvalue weighted by Crippen LogP contribution is 2.31. The Bertz CT molecular complexity index is 438. The molecule has 0 heterocycles. The fourth-order valence-corrected chi connectivity index (χ4v) is 3.44. The maximum atomic E-state index is 11.4. The summed E-state index contributed by atoms with van der Waals surface area (Å²) in [4.78, 5) is 44.0. The third kappa shape index (κ3) is 10.8. The van der Waals surface area contributed by atoms with Crippen LogP contribution in [0.3, 0.4) is 0 Å². The SMILES string of the molecule is COC(=O)C1CCCCC1C(=O)OC.COC(=O)CCSCCC(=O)OC. The van der Waals surface area contributed by atoms with E-state index in [0.29, 0.717) is 24.3 Å². The highest BCUT2D eigenvalue weighted by Gasteiger charge is 2.37. The minimum Gasteiger partial charge on any atom is -0.469 e. The van der Waals surface area contributed by atoms with E-state index in [4.69, 9.17) is 0 Å². The van der Waals surface area contributed by atoms with Gasteiger partial charge in [-0.2, -0.15) is 11.8 Å². The molecule has 0 radical (unpaired) electrons. The predicted octanol–water partition coefficient (Wildman–Crippen LogP) is 1.98. The van der Waals surface area contributed by atoms with Crippen molar-refractivity contribution < 1.29 is 38.1 Å². The molecule has 0 bridgehead atoms. The molecule has 1 saturated carbocycles. The monoisotopic (exact) mass is 406 g/mol. The lowest BCUT2D eigenvalue weighted by atomic mass is 9.79. The van der Waals surface area contributed by atoms with E-state index in [1.54, 1.807) is 0 Å². The summed E-state index contributed by atoms with van der Waals surface area (Å²) in [7, 11) is 5.43. The first-order chi connectivity index (χ1) is 12.9. The second-order valence-electron chi connectivity index (χ2n) is 5.81. The fourth-order valence-electron chi connectivity index (χ4n) is 2.62. The van der Waals surface area contributed by atoms with Crippen LogP contribution < -0.4 is 0 Å². The quantitative estimate of drug-likeness (QED) is 0.340. The average molecular weight is 406 g/mol. The first kappa shape index (κ1) is 25.2. The van der Waals surface area contributed by atoms with Crippen molar-refractivity contribution in [2.75, 3.05) is 39.9 Å². The molecule has 1 rings (SSSR count). The molecule has 0 N–H and O–H groups in total. The van der Waals surface area contributed by atoms with E-state index in [9.17, 15) is 19.2 Å². The van der Waals surface area contributed by atoms with Crippen molar-refractivity contribution >= 4 is 35.6 Å².